The fraction of sp³-hybridized carbons (Fsp3) is 0. The Balaban J connectivity index is 2.53. The summed E-state index contributed by atoms with van der Waals surface area (Å²) < 4.78 is 0. The van der Waals surface area contributed by atoms with Crippen LogP contribution in [-0.2, 0) is 24.7 Å². The van der Waals surface area contributed by atoms with Gasteiger partial charge in [0.25, 0.3) is 0 Å². The molecule has 0 aliphatic rings. The first-order valence-electron chi connectivity index (χ1n) is 1.44. The van der Waals surface area contributed by atoms with E-state index in [4.69, 9.17) is 10.5 Å². The third-order valence-corrected chi connectivity index (χ3v) is 0.227. The van der Waals surface area contributed by atoms with Crippen molar-refractivity contribution >= 4 is 7.69 Å². The van der Waals surface area contributed by atoms with E-state index in [9.17, 15) is 0 Å². The molecule has 0 fully saturated rings. The van der Waals surface area contributed by atoms with Crippen LogP contribution >= 0.6 is 0 Å². The van der Waals surface area contributed by atoms with Crippen molar-refractivity contribution in [1.82, 2.24) is 0 Å². The molecule has 0 aromatic rings. The lowest BCUT2D eigenvalue weighted by Gasteiger charge is -1.92. The van der Waals surface area contributed by atoms with Crippen LogP contribution in [0.25, 0.3) is 0 Å². The Morgan fingerprint density at radius 3 is 2.25 bits per heavy atom. The molecule has 0 aromatic heterocycles. The van der Waals surface area contributed by atoms with Crippen LogP contribution in [0.15, 0.2) is 0 Å². The molecule has 0 saturated heterocycles. The Morgan fingerprint density at radius 1 is 1.00 bits per heavy atom. The molecule has 8 heteroatoms. The largest absolute Gasteiger partial charge is 0.514 e. The molecule has 0 aromatic carbocycles. The molecular formula is H3BO7. The number of hydrogen-bond donors (Lipinski definition) is 2. The molecule has 48 valence electrons. The predicted octanol–water partition coefficient (Wildman–Crippen LogP) is -0.973. The SMILES string of the molecule is OOOBOOOO. The van der Waals surface area contributed by atoms with Crippen LogP contribution in [0.5, 0.6) is 0 Å². The highest BCUT2D eigenvalue weighted by Crippen LogP contribution is 1.74. The standard InChI is InChI=1S/BH3O7/c2-6-4-1-5-8-7-3/h1-3H. The Kier molecular flexibility index (Phi) is 6.60. The van der Waals surface area contributed by atoms with Crippen LogP contribution in [0.3, 0.4) is 0 Å². The quantitative estimate of drug-likeness (QED) is 0.212. The molecule has 0 amide bonds. The lowest BCUT2D eigenvalue weighted by molar-refractivity contribution is -0.602. The molecule has 0 rings (SSSR count). The van der Waals surface area contributed by atoms with Gasteiger partial charge in [0.05, 0.1) is 0 Å². The topological polar surface area (TPSA) is 86.6 Å². The summed E-state index contributed by atoms with van der Waals surface area (Å²) in [6, 6.07) is 0. The summed E-state index contributed by atoms with van der Waals surface area (Å²) in [5.41, 5.74) is 0. The van der Waals surface area contributed by atoms with Crippen molar-refractivity contribution in [3.63, 3.8) is 0 Å². The summed E-state index contributed by atoms with van der Waals surface area (Å²) in [6.07, 6.45) is 0. The van der Waals surface area contributed by atoms with E-state index in [0.29, 0.717) is 0 Å². The summed E-state index contributed by atoms with van der Waals surface area (Å²) in [5.74, 6) is 0. The maximum Gasteiger partial charge on any atom is 0.514 e. The molecule has 0 radical (unpaired) electrons. The molecule has 0 atom stereocenters. The van der Waals surface area contributed by atoms with Gasteiger partial charge in [-0.15, -0.1) is 0 Å². The van der Waals surface area contributed by atoms with Gasteiger partial charge in [0.1, 0.15) is 0 Å². The van der Waals surface area contributed by atoms with Crippen LogP contribution in [0.4, 0.5) is 0 Å². The lowest BCUT2D eigenvalue weighted by atomic mass is 10.4. The van der Waals surface area contributed by atoms with Gasteiger partial charge in [0.2, 0.25) is 0 Å². The van der Waals surface area contributed by atoms with Gasteiger partial charge in [-0.05, 0) is 5.04 Å². The van der Waals surface area contributed by atoms with Gasteiger partial charge in [0.15, 0.2) is 0 Å². The van der Waals surface area contributed by atoms with E-state index in [1.54, 1.807) is 0 Å². The summed E-state index contributed by atoms with van der Waals surface area (Å²) in [7, 11) is -0.531. The maximum atomic E-state index is 7.40. The van der Waals surface area contributed by atoms with Crippen LogP contribution in [-0.4, -0.2) is 18.2 Å². The van der Waals surface area contributed by atoms with E-state index in [1.807, 2.05) is 0 Å². The van der Waals surface area contributed by atoms with Crippen molar-refractivity contribution < 1.29 is 35.2 Å². The van der Waals surface area contributed by atoms with Gasteiger partial charge in [-0.2, -0.15) is 0 Å². The van der Waals surface area contributed by atoms with Gasteiger partial charge < -0.3 is 0 Å². The monoisotopic (exact) mass is 126 g/mol. The van der Waals surface area contributed by atoms with Crippen molar-refractivity contribution in [3.8, 4) is 0 Å². The highest BCUT2D eigenvalue weighted by Gasteiger charge is 1.92. The van der Waals surface area contributed by atoms with E-state index < -0.39 is 7.69 Å². The highest BCUT2D eigenvalue weighted by molar-refractivity contribution is 6.16. The highest BCUT2D eigenvalue weighted by atomic mass is 17.6. The molecule has 0 spiro atoms. The smallest absolute Gasteiger partial charge is 0.236 e. The molecular weight excluding hydrogens is 123 g/mol. The second-order valence-electron chi connectivity index (χ2n) is 0.571. The fourth-order valence-electron chi connectivity index (χ4n) is 0.0823. The Morgan fingerprint density at radius 2 is 1.75 bits per heavy atom. The van der Waals surface area contributed by atoms with Crippen LogP contribution in [0, 0.1) is 0 Å². The van der Waals surface area contributed by atoms with E-state index >= 15 is 0 Å². The third kappa shape index (κ3) is 5.78. The predicted molar refractivity (Wildman–Crippen MR) is 17.8 cm³/mol. The second kappa shape index (κ2) is 6.78. The van der Waals surface area contributed by atoms with Crippen molar-refractivity contribution in [1.29, 1.82) is 0 Å². The molecule has 0 bridgehead atoms. The first-order valence-corrected chi connectivity index (χ1v) is 1.44. The molecule has 0 heterocycles. The average molecular weight is 126 g/mol. The minimum absolute atomic E-state index is 0.531. The van der Waals surface area contributed by atoms with E-state index in [-0.39, 0.29) is 0 Å². The van der Waals surface area contributed by atoms with E-state index in [1.165, 1.54) is 0 Å². The van der Waals surface area contributed by atoms with Crippen LogP contribution in [0.1, 0.15) is 0 Å². The lowest BCUT2D eigenvalue weighted by Crippen LogP contribution is -2.04. The van der Waals surface area contributed by atoms with Gasteiger partial charge in [-0.1, -0.05) is 10.1 Å². The maximum absolute atomic E-state index is 7.40. The molecule has 0 aliphatic carbocycles. The molecule has 0 aliphatic heterocycles. The van der Waals surface area contributed by atoms with Crippen molar-refractivity contribution in [2.24, 2.45) is 0 Å². The molecule has 0 unspecified atom stereocenters. The second-order valence-corrected chi connectivity index (χ2v) is 0.571. The number of hydrogen-bond acceptors (Lipinski definition) is 7. The minimum atomic E-state index is -0.531. The third-order valence-electron chi connectivity index (χ3n) is 0.227. The average Bonchev–Trinajstić information content (AvgIpc) is 1.81. The summed E-state index contributed by atoms with van der Waals surface area (Å²) in [4.78, 5) is 7.40. The van der Waals surface area contributed by atoms with E-state index in [0.717, 1.165) is 0 Å². The van der Waals surface area contributed by atoms with Gasteiger partial charge in [-0.3, -0.25) is 0 Å². The van der Waals surface area contributed by atoms with Crippen LogP contribution in [0.2, 0.25) is 0 Å². The normalized spacial score (nSPS) is 9.25. The van der Waals surface area contributed by atoms with Gasteiger partial charge in [-0.25, -0.2) is 20.1 Å². The van der Waals surface area contributed by atoms with Crippen molar-refractivity contribution in [2.45, 2.75) is 0 Å². The zero-order chi connectivity index (χ0) is 6.24. The fourth-order valence-corrected chi connectivity index (χ4v) is 0.0823. The van der Waals surface area contributed by atoms with E-state index in [2.05, 4.69) is 24.7 Å². The number of rotatable bonds is 5. The van der Waals surface area contributed by atoms with Gasteiger partial charge in [0, 0.05) is 0 Å². The first kappa shape index (κ1) is 7.78. The zero-order valence-corrected chi connectivity index (χ0v) is 3.64. The summed E-state index contributed by atoms with van der Waals surface area (Å²) in [6.45, 7) is 0. The summed E-state index contributed by atoms with van der Waals surface area (Å²) >= 11 is 0. The Hall–Kier alpha value is -0.215. The molecule has 0 saturated carbocycles. The van der Waals surface area contributed by atoms with Gasteiger partial charge >= 0.3 is 7.69 Å². The minimum Gasteiger partial charge on any atom is -0.236 e. The van der Waals surface area contributed by atoms with Crippen molar-refractivity contribution in [2.75, 3.05) is 0 Å². The molecule has 7 nitrogen and oxygen atoms in total. The molecule has 2 N–H and O–H groups in total. The Bertz CT molecular complexity index is 29.4. The summed E-state index contributed by atoms with van der Waals surface area (Å²) in [5, 5.41) is 24.1. The Labute approximate surface area is 44.2 Å². The van der Waals surface area contributed by atoms with Crippen molar-refractivity contribution in [3.05, 3.63) is 0 Å². The molecule has 8 heavy (non-hydrogen) atoms. The first-order chi connectivity index (χ1) is 3.91. The zero-order valence-electron chi connectivity index (χ0n) is 3.64. The van der Waals surface area contributed by atoms with Crippen LogP contribution < -0.4 is 0 Å².